The van der Waals surface area contributed by atoms with Crippen LogP contribution in [-0.4, -0.2) is 85.2 Å². The Kier molecular flexibility index (Phi) is 9.04. The molecule has 2 amide bonds. The molecule has 0 spiro atoms. The molecule has 0 saturated carbocycles. The second-order valence-corrected chi connectivity index (χ2v) is 13.0. The lowest BCUT2D eigenvalue weighted by molar-refractivity contribution is -0.137. The van der Waals surface area contributed by atoms with E-state index in [0.717, 1.165) is 28.5 Å². The van der Waals surface area contributed by atoms with E-state index in [9.17, 15) is 27.6 Å². The summed E-state index contributed by atoms with van der Waals surface area (Å²) in [6, 6.07) is 2.67. The van der Waals surface area contributed by atoms with E-state index in [2.05, 4.69) is 25.4 Å². The number of piperazine rings is 1. The minimum absolute atomic E-state index is 0.000161. The number of carbonyl (C=O) groups is 2. The van der Waals surface area contributed by atoms with Gasteiger partial charge in [0.05, 0.1) is 51.0 Å². The van der Waals surface area contributed by atoms with Gasteiger partial charge in [-0.15, -0.1) is 16.4 Å². The maximum absolute atomic E-state index is 14.2. The number of nitrogens with zero attached hydrogens (tertiary/aromatic N) is 8. The molecule has 0 unspecified atom stereocenters. The van der Waals surface area contributed by atoms with Gasteiger partial charge in [-0.1, -0.05) is 24.6 Å². The van der Waals surface area contributed by atoms with Crippen molar-refractivity contribution in [1.29, 1.82) is 0 Å². The predicted octanol–water partition coefficient (Wildman–Crippen LogP) is 4.54. The highest BCUT2D eigenvalue weighted by Crippen LogP contribution is 2.34. The van der Waals surface area contributed by atoms with E-state index in [1.807, 2.05) is 17.9 Å². The predicted molar refractivity (Wildman–Crippen MR) is 181 cm³/mol. The van der Waals surface area contributed by atoms with Crippen molar-refractivity contribution in [3.63, 3.8) is 0 Å². The Labute approximate surface area is 291 Å². The molecule has 18 heteroatoms. The van der Waals surface area contributed by atoms with Crippen LogP contribution in [0.3, 0.4) is 0 Å². The van der Waals surface area contributed by atoms with Crippen molar-refractivity contribution in [2.24, 2.45) is 0 Å². The van der Waals surface area contributed by atoms with Gasteiger partial charge in [-0.25, -0.2) is 9.97 Å². The van der Waals surface area contributed by atoms with Gasteiger partial charge in [-0.2, -0.15) is 22.7 Å². The Morgan fingerprint density at radius 3 is 2.66 bits per heavy atom. The fourth-order valence-electron chi connectivity index (χ4n) is 6.16. The van der Waals surface area contributed by atoms with E-state index >= 15 is 0 Å². The molecule has 50 heavy (non-hydrogen) atoms. The summed E-state index contributed by atoms with van der Waals surface area (Å²) in [6.07, 6.45) is 1.18. The molecule has 1 saturated heterocycles. The molecule has 1 aromatic carbocycles. The summed E-state index contributed by atoms with van der Waals surface area (Å²) in [7, 11) is 0. The van der Waals surface area contributed by atoms with Gasteiger partial charge in [0.15, 0.2) is 5.82 Å². The fraction of sp³-hybridized carbons (Fsp3) is 0.344. The number of hydrogen-bond donors (Lipinski definition) is 1. The highest BCUT2D eigenvalue weighted by molar-refractivity contribution is 7.17. The molecule has 0 radical (unpaired) electrons. The van der Waals surface area contributed by atoms with Gasteiger partial charge >= 0.3 is 6.18 Å². The van der Waals surface area contributed by atoms with Crippen LogP contribution in [0.5, 0.6) is 0 Å². The van der Waals surface area contributed by atoms with Crippen molar-refractivity contribution in [2.75, 3.05) is 49.6 Å². The molecule has 1 N–H and O–H groups in total. The number of benzene rings is 1. The third kappa shape index (κ3) is 6.31. The first-order chi connectivity index (χ1) is 24.0. The molecule has 0 atom stereocenters. The molecule has 5 aromatic rings. The zero-order chi connectivity index (χ0) is 35.2. The van der Waals surface area contributed by atoms with Gasteiger partial charge in [-0.05, 0) is 36.6 Å². The van der Waals surface area contributed by atoms with E-state index in [1.165, 1.54) is 22.2 Å². The number of fused-ring (bicyclic) bond motifs is 2. The maximum atomic E-state index is 14.2. The Morgan fingerprint density at radius 1 is 1.16 bits per heavy atom. The van der Waals surface area contributed by atoms with Crippen molar-refractivity contribution >= 4 is 67.7 Å². The maximum Gasteiger partial charge on any atom is 0.416 e. The lowest BCUT2D eigenvalue weighted by atomic mass is 10.1. The first-order valence-corrected chi connectivity index (χ1v) is 17.0. The van der Waals surface area contributed by atoms with Crippen molar-refractivity contribution in [1.82, 2.24) is 34.0 Å². The van der Waals surface area contributed by atoms with Crippen LogP contribution in [0.2, 0.25) is 5.02 Å². The number of halogens is 4. The summed E-state index contributed by atoms with van der Waals surface area (Å²) in [5.41, 5.74) is 1.34. The number of alkyl halides is 3. The highest BCUT2D eigenvalue weighted by Gasteiger charge is 2.32. The Bertz CT molecular complexity index is 2220. The molecule has 6 heterocycles. The first-order valence-electron chi connectivity index (χ1n) is 15.7. The number of ether oxygens (including phenoxy) is 1. The van der Waals surface area contributed by atoms with Gasteiger partial charge in [0.2, 0.25) is 11.7 Å². The second kappa shape index (κ2) is 13.4. The fourth-order valence-corrected chi connectivity index (χ4v) is 7.24. The number of rotatable bonds is 7. The average molecular weight is 728 g/mol. The van der Waals surface area contributed by atoms with Crippen LogP contribution in [0.4, 0.5) is 24.5 Å². The van der Waals surface area contributed by atoms with Crippen molar-refractivity contribution in [3.05, 3.63) is 80.2 Å². The molecule has 0 aliphatic carbocycles. The van der Waals surface area contributed by atoms with Crippen LogP contribution in [0.1, 0.15) is 40.8 Å². The molecule has 2 aliphatic heterocycles. The Hall–Kier alpha value is -4.87. The zero-order valence-electron chi connectivity index (χ0n) is 26.5. The molecule has 7 rings (SSSR count). The Balaban J connectivity index is 1.22. The van der Waals surface area contributed by atoms with Crippen molar-refractivity contribution in [2.45, 2.75) is 32.5 Å². The van der Waals surface area contributed by atoms with Crippen LogP contribution < -0.4 is 15.8 Å². The first kappa shape index (κ1) is 33.6. The van der Waals surface area contributed by atoms with Crippen molar-refractivity contribution < 1.29 is 27.5 Å². The smallest absolute Gasteiger partial charge is 0.377 e. The molecule has 260 valence electrons. The lowest BCUT2D eigenvalue weighted by Gasteiger charge is -2.36. The molecule has 1 fully saturated rings. The van der Waals surface area contributed by atoms with E-state index in [4.69, 9.17) is 16.3 Å². The molecule has 2 aliphatic rings. The number of amides is 2. The molecule has 4 aromatic heterocycles. The van der Waals surface area contributed by atoms with E-state index < -0.39 is 23.2 Å². The van der Waals surface area contributed by atoms with Crippen molar-refractivity contribution in [3.8, 4) is 0 Å². The third-order valence-electron chi connectivity index (χ3n) is 8.63. The SMILES string of the molecule is CCc1c(N2CCN(C(=O)c3csc4cncnc34)CC2)c(=O)n2nc(C3=CCOCC3)nc2n1CC(=O)Nc1ccc(C(F)(F)F)cc1Cl. The van der Waals surface area contributed by atoms with Crippen LogP contribution in [0.25, 0.3) is 21.6 Å². The summed E-state index contributed by atoms with van der Waals surface area (Å²) >= 11 is 7.52. The lowest BCUT2D eigenvalue weighted by Crippen LogP contribution is -2.50. The highest BCUT2D eigenvalue weighted by atomic mass is 35.5. The summed E-state index contributed by atoms with van der Waals surface area (Å²) in [6.45, 7) is 3.63. The zero-order valence-corrected chi connectivity index (χ0v) is 28.1. The van der Waals surface area contributed by atoms with E-state index in [-0.39, 0.29) is 28.9 Å². The second-order valence-electron chi connectivity index (χ2n) is 11.6. The number of hydrogen-bond acceptors (Lipinski definition) is 10. The Morgan fingerprint density at radius 2 is 1.96 bits per heavy atom. The molecular formula is C32H29ClF3N9O4S. The number of aromatic nitrogens is 6. The van der Waals surface area contributed by atoms with Crippen LogP contribution >= 0.6 is 22.9 Å². The molecule has 13 nitrogen and oxygen atoms in total. The summed E-state index contributed by atoms with van der Waals surface area (Å²) < 4.78 is 48.6. The summed E-state index contributed by atoms with van der Waals surface area (Å²) in [4.78, 5) is 57.8. The topological polar surface area (TPSA) is 140 Å². The van der Waals surface area contributed by atoms with E-state index in [1.54, 1.807) is 21.0 Å². The minimum atomic E-state index is -4.60. The van der Waals surface area contributed by atoms with Crippen LogP contribution in [-0.2, 0) is 28.7 Å². The standard InChI is InChI=1S/C32H29ClF3N9O4S/c1-2-23-27(42-7-9-43(10-8-42)29(47)20-16-50-24-14-37-17-38-26(20)24)30(48)45-31(40-28(41-45)18-5-11-49-12-6-18)44(23)15-25(46)39-22-4-3-19(13-21(22)33)32(34,35)36/h3-5,13-14,16-17H,2,6-12,15H2,1H3,(H,39,46). The molecule has 0 bridgehead atoms. The quantitative estimate of drug-likeness (QED) is 0.256. The summed E-state index contributed by atoms with van der Waals surface area (Å²) in [5, 5.41) is 8.65. The number of nitrogens with one attached hydrogen (secondary N) is 1. The van der Waals surface area contributed by atoms with Gasteiger partial charge in [0.25, 0.3) is 11.5 Å². The van der Waals surface area contributed by atoms with E-state index in [0.29, 0.717) is 80.5 Å². The van der Waals surface area contributed by atoms with Gasteiger partial charge in [0.1, 0.15) is 18.6 Å². The molecular weight excluding hydrogens is 699 g/mol. The number of thiophene rings is 1. The largest absolute Gasteiger partial charge is 0.416 e. The normalized spacial score (nSPS) is 15.5. The minimum Gasteiger partial charge on any atom is -0.377 e. The monoisotopic (exact) mass is 727 g/mol. The number of anilines is 2. The van der Waals surface area contributed by atoms with Crippen LogP contribution in [0.15, 0.2) is 47.0 Å². The average Bonchev–Trinajstić information content (AvgIpc) is 3.76. The number of carbonyl (C=O) groups excluding carboxylic acids is 2. The third-order valence-corrected chi connectivity index (χ3v) is 9.85. The van der Waals surface area contributed by atoms with Gasteiger partial charge in [0, 0.05) is 37.8 Å². The van der Waals surface area contributed by atoms with Gasteiger partial charge in [-0.3, -0.25) is 14.4 Å². The van der Waals surface area contributed by atoms with Crippen LogP contribution in [0, 0.1) is 0 Å². The summed E-state index contributed by atoms with van der Waals surface area (Å²) in [5.74, 6) is -0.309. The van der Waals surface area contributed by atoms with Gasteiger partial charge < -0.3 is 24.4 Å².